The fourth-order valence-electron chi connectivity index (χ4n) is 14.4. The molecule has 4 aliphatic rings. The number of pyridine rings is 4. The van der Waals surface area contributed by atoms with Gasteiger partial charge in [0.1, 0.15) is 46.0 Å². The molecule has 0 aliphatic carbocycles. The Morgan fingerprint density at radius 3 is 0.469 bits per heavy atom. The molecule has 0 atom stereocenters. The van der Waals surface area contributed by atoms with Crippen molar-refractivity contribution in [1.29, 1.82) is 0 Å². The number of hydrogen-bond acceptors (Lipinski definition) is 16. The second-order valence-electron chi connectivity index (χ2n) is 26.1. The first-order valence-corrected chi connectivity index (χ1v) is 35.7. The fourth-order valence-corrected chi connectivity index (χ4v) is 14.4. The zero-order valence-corrected chi connectivity index (χ0v) is 65.7. The smallest absolute Gasteiger partial charge is 0.657 e. The Kier molecular flexibility index (Phi) is 21.0. The van der Waals surface area contributed by atoms with Crippen molar-refractivity contribution in [2.24, 2.45) is 0 Å². The summed E-state index contributed by atoms with van der Waals surface area (Å²) >= 11 is 0. The van der Waals surface area contributed by atoms with E-state index in [1.165, 1.54) is 0 Å². The average Bonchev–Trinajstić information content (AvgIpc) is 1.62. The number of fused-ring (bicyclic) bond motifs is 16. The van der Waals surface area contributed by atoms with Gasteiger partial charge in [-0.3, -0.25) is 19.9 Å². The molecule has 0 saturated heterocycles. The van der Waals surface area contributed by atoms with Gasteiger partial charge in [-0.1, -0.05) is 48.5 Å². The van der Waals surface area contributed by atoms with Crippen LogP contribution in [0.2, 0.25) is 0 Å². The molecule has 113 heavy (non-hydrogen) atoms. The maximum absolute atomic E-state index is 5.72. The largest absolute Gasteiger partial charge is 4.00 e. The van der Waals surface area contributed by atoms with Gasteiger partial charge in [-0.25, -0.2) is 19.9 Å². The Hall–Kier alpha value is -13.5. The fraction of sp³-hybridized carbons (Fsp3) is 0.0870. The van der Waals surface area contributed by atoms with Crippen LogP contribution in [-0.4, -0.2) is 96.8 Å². The number of benzene rings is 4. The van der Waals surface area contributed by atoms with Crippen LogP contribution in [0.3, 0.4) is 0 Å². The summed E-state index contributed by atoms with van der Waals surface area (Å²) in [4.78, 5) is 59.8. The SMILES string of the molecule is COc1cc(OC)cc(-c2c3nc(c(-c4ccncc4)c4ccc([n-]4)c(-c4cc(OC)cc(OC)c4)c4nc(c(-c5ccncc5)c5ccc2[n-]5)C=C4)C=C3)c1.COc1cc(OC)cc(-c2c3nc(c(-c4ccncc4)c4ccc([n-]4)c(-c4cc(OC)cc(OC)c4)c4nc(c(-c5ccncc5)c5ccc2[n-]5)C=C4)C=C3)c1.[Ce+4]. The summed E-state index contributed by atoms with van der Waals surface area (Å²) in [6.45, 7) is 0. The number of methoxy groups -OCH3 is 8. The molecule has 20 nitrogen and oxygen atoms in total. The minimum absolute atomic E-state index is 0. The van der Waals surface area contributed by atoms with E-state index in [0.717, 1.165) is 179 Å². The number of nitrogens with zero attached hydrogens (tertiary/aromatic N) is 12. The molecule has 0 radical (unpaired) electrons. The number of aromatic nitrogens is 12. The Labute approximate surface area is 683 Å². The number of ether oxygens (including phenoxy) is 8. The van der Waals surface area contributed by atoms with Gasteiger partial charge in [0.05, 0.1) is 102 Å². The number of hydrogen-bond donors (Lipinski definition) is 0. The van der Waals surface area contributed by atoms with E-state index in [1.807, 2.05) is 218 Å². The van der Waals surface area contributed by atoms with Gasteiger partial charge in [-0.05, 0) is 235 Å². The molecule has 0 N–H and O–H groups in total. The van der Waals surface area contributed by atoms with Gasteiger partial charge in [0, 0.05) is 73.8 Å². The summed E-state index contributed by atoms with van der Waals surface area (Å²) in [7, 11) is 13.1. The number of rotatable bonds is 16. The minimum atomic E-state index is 0. The topological polar surface area (TPSA) is 233 Å². The van der Waals surface area contributed by atoms with E-state index in [2.05, 4.69) is 19.9 Å². The monoisotopic (exact) mass is 1610 g/mol. The van der Waals surface area contributed by atoms with Gasteiger partial charge in [0.25, 0.3) is 0 Å². The molecular weight excluding hydrogens is 1540 g/mol. The average molecular weight is 1610 g/mol. The van der Waals surface area contributed by atoms with Gasteiger partial charge < -0.3 is 57.8 Å². The van der Waals surface area contributed by atoms with Crippen molar-refractivity contribution in [3.05, 3.63) is 265 Å². The Balaban J connectivity index is 0.000000169. The molecule has 14 heterocycles. The summed E-state index contributed by atoms with van der Waals surface area (Å²) in [6.07, 6.45) is 30.4. The zero-order chi connectivity index (χ0) is 76.3. The van der Waals surface area contributed by atoms with E-state index >= 15 is 0 Å². The molecule has 0 fully saturated rings. The predicted octanol–water partition coefficient (Wildman–Crippen LogP) is 18.8. The Morgan fingerprint density at radius 2 is 0.327 bits per heavy atom. The molecule has 10 aromatic heterocycles. The molecule has 0 unspecified atom stereocenters. The second-order valence-corrected chi connectivity index (χ2v) is 26.1. The molecule has 16 bridgehead atoms. The molecule has 4 aromatic carbocycles. The van der Waals surface area contributed by atoms with Gasteiger partial charge >= 0.3 is 41.7 Å². The summed E-state index contributed by atoms with van der Waals surface area (Å²) in [5, 5.41) is 0. The van der Waals surface area contributed by atoms with E-state index < -0.39 is 0 Å². The van der Waals surface area contributed by atoms with Crippen molar-refractivity contribution in [2.45, 2.75) is 0 Å². The first kappa shape index (κ1) is 73.6. The summed E-state index contributed by atoms with van der Waals surface area (Å²) < 4.78 is 45.7. The van der Waals surface area contributed by atoms with E-state index in [4.69, 9.17) is 77.8 Å². The van der Waals surface area contributed by atoms with Crippen molar-refractivity contribution in [1.82, 2.24) is 59.8 Å². The third-order valence-electron chi connectivity index (χ3n) is 19.7. The van der Waals surface area contributed by atoms with Crippen LogP contribution < -0.4 is 57.8 Å². The zero-order valence-electron chi connectivity index (χ0n) is 62.5. The van der Waals surface area contributed by atoms with Crippen LogP contribution in [0.5, 0.6) is 46.0 Å². The van der Waals surface area contributed by atoms with Crippen LogP contribution in [-0.2, 0) is 0 Å². The van der Waals surface area contributed by atoms with Crippen LogP contribution >= 0.6 is 0 Å². The van der Waals surface area contributed by atoms with Gasteiger partial charge in [0.2, 0.25) is 0 Å². The van der Waals surface area contributed by atoms with Gasteiger partial charge in [-0.2, -0.15) is 0 Å². The molecule has 14 aromatic rings. The molecule has 0 saturated carbocycles. The summed E-state index contributed by atoms with van der Waals surface area (Å²) in [5.41, 5.74) is 25.4. The van der Waals surface area contributed by atoms with Crippen LogP contribution in [0.15, 0.2) is 219 Å². The van der Waals surface area contributed by atoms with Crippen molar-refractivity contribution in [2.75, 3.05) is 56.9 Å². The second kappa shape index (κ2) is 32.2. The van der Waals surface area contributed by atoms with E-state index in [1.54, 1.807) is 106 Å². The van der Waals surface area contributed by atoms with Crippen molar-refractivity contribution in [3.63, 3.8) is 0 Å². The van der Waals surface area contributed by atoms with E-state index in [-0.39, 0.29) is 41.7 Å². The van der Waals surface area contributed by atoms with Crippen molar-refractivity contribution in [3.8, 4) is 135 Å². The van der Waals surface area contributed by atoms with E-state index in [9.17, 15) is 0 Å². The first-order chi connectivity index (χ1) is 55.1. The van der Waals surface area contributed by atoms with Crippen LogP contribution in [0.25, 0.3) is 182 Å². The molecule has 21 heteroatoms. The molecule has 0 spiro atoms. The predicted molar refractivity (Wildman–Crippen MR) is 441 cm³/mol. The Bertz CT molecular complexity index is 5640. The first-order valence-electron chi connectivity index (χ1n) is 35.7. The molecule has 548 valence electrons. The standard InChI is InChI=1S/2C46H34N6O4.Ce/c2*1-53-31-21-29(22-32(25-31)54-2)45-39-9-5-35(49-39)43(27-13-17-47-18-14-27)37-7-11-41(51-37)46(30-23-33(55-3)26-34(24-30)56-4)42-12-8-38(52-42)44(28-15-19-48-20-16-28)36-6-10-40(45)50-36;/h2*5-26H,1-4H3;/q2*-2;+4. The quantitative estimate of drug-likeness (QED) is 0.0874. The maximum atomic E-state index is 5.72. The van der Waals surface area contributed by atoms with Crippen LogP contribution in [0.4, 0.5) is 0 Å². The Morgan fingerprint density at radius 1 is 0.186 bits per heavy atom. The van der Waals surface area contributed by atoms with Crippen LogP contribution in [0, 0.1) is 41.7 Å². The van der Waals surface area contributed by atoms with Gasteiger partial charge in [-0.15, -0.1) is 44.1 Å². The summed E-state index contributed by atoms with van der Waals surface area (Å²) in [6, 6.07) is 55.1. The summed E-state index contributed by atoms with van der Waals surface area (Å²) in [5.74, 6) is 5.17. The normalized spacial score (nSPS) is 11.7. The van der Waals surface area contributed by atoms with Crippen molar-refractivity contribution < 1.29 is 79.6 Å². The van der Waals surface area contributed by atoms with Crippen molar-refractivity contribution >= 4 is 92.7 Å². The molecule has 4 aliphatic heterocycles. The van der Waals surface area contributed by atoms with Crippen LogP contribution in [0.1, 0.15) is 45.6 Å². The third kappa shape index (κ3) is 14.6. The maximum Gasteiger partial charge on any atom is 4.00 e. The molecular formula is C92H68CeN12O8. The minimum Gasteiger partial charge on any atom is -0.657 e. The van der Waals surface area contributed by atoms with E-state index in [0.29, 0.717) is 46.0 Å². The van der Waals surface area contributed by atoms with Gasteiger partial charge in [0.15, 0.2) is 0 Å². The molecule has 0 amide bonds. The molecule has 18 rings (SSSR count). The third-order valence-corrected chi connectivity index (χ3v) is 19.7.